The van der Waals surface area contributed by atoms with Gasteiger partial charge in [0.05, 0.1) is 6.10 Å². The van der Waals surface area contributed by atoms with E-state index in [4.69, 9.17) is 0 Å². The predicted molar refractivity (Wildman–Crippen MR) is 107 cm³/mol. The maximum absolute atomic E-state index is 12.9. The van der Waals surface area contributed by atoms with Gasteiger partial charge in [-0.25, -0.2) is 4.79 Å². The molecule has 6 nitrogen and oxygen atoms in total. The summed E-state index contributed by atoms with van der Waals surface area (Å²) in [5, 5.41) is 13.4. The number of amides is 3. The summed E-state index contributed by atoms with van der Waals surface area (Å²) in [5.41, 5.74) is 2.28. The molecule has 0 bridgehead atoms. The summed E-state index contributed by atoms with van der Waals surface area (Å²) in [7, 11) is 0. The van der Waals surface area contributed by atoms with E-state index in [-0.39, 0.29) is 17.9 Å². The molecule has 0 spiro atoms. The zero-order valence-corrected chi connectivity index (χ0v) is 15.8. The summed E-state index contributed by atoms with van der Waals surface area (Å²) < 4.78 is 0. The van der Waals surface area contributed by atoms with Crippen molar-refractivity contribution in [2.45, 2.75) is 18.9 Å². The van der Waals surface area contributed by atoms with Crippen LogP contribution in [0.2, 0.25) is 0 Å². The van der Waals surface area contributed by atoms with Crippen LogP contribution in [0.4, 0.5) is 10.5 Å². The second-order valence-corrected chi connectivity index (χ2v) is 7.42. The summed E-state index contributed by atoms with van der Waals surface area (Å²) in [5.74, 6) is 0.139. The van der Waals surface area contributed by atoms with Gasteiger partial charge in [0.2, 0.25) is 0 Å². The molecule has 0 aromatic heterocycles. The molecule has 2 fully saturated rings. The summed E-state index contributed by atoms with van der Waals surface area (Å²) in [6, 6.07) is 16.8. The lowest BCUT2D eigenvalue weighted by atomic mass is 9.87. The smallest absolute Gasteiger partial charge is 0.321 e. The Hall–Kier alpha value is -2.86. The van der Waals surface area contributed by atoms with E-state index in [0.29, 0.717) is 31.7 Å². The van der Waals surface area contributed by atoms with Crippen molar-refractivity contribution in [1.82, 2.24) is 10.2 Å². The van der Waals surface area contributed by atoms with Crippen molar-refractivity contribution >= 4 is 17.6 Å². The van der Waals surface area contributed by atoms with Gasteiger partial charge in [-0.15, -0.1) is 0 Å². The molecule has 6 heteroatoms. The predicted octanol–water partition coefficient (Wildman–Crippen LogP) is 2.80. The summed E-state index contributed by atoms with van der Waals surface area (Å²) in [6.07, 6.45) is 1.06. The molecule has 2 aromatic rings. The number of anilines is 1. The third kappa shape index (κ3) is 3.73. The molecule has 4 rings (SSSR count). The van der Waals surface area contributed by atoms with Crippen molar-refractivity contribution in [3.05, 3.63) is 65.7 Å². The normalized spacial score (nSPS) is 18.8. The second kappa shape index (κ2) is 8.02. The van der Waals surface area contributed by atoms with Crippen LogP contribution in [0.15, 0.2) is 54.6 Å². The van der Waals surface area contributed by atoms with E-state index in [1.807, 2.05) is 47.4 Å². The third-order valence-corrected chi connectivity index (χ3v) is 5.68. The molecule has 1 unspecified atom stereocenters. The first-order valence-corrected chi connectivity index (χ1v) is 9.81. The Labute approximate surface area is 164 Å². The molecule has 3 amide bonds. The molecule has 0 saturated carbocycles. The number of benzene rings is 2. The average molecular weight is 379 g/mol. The largest absolute Gasteiger partial charge is 0.388 e. The van der Waals surface area contributed by atoms with E-state index in [9.17, 15) is 14.7 Å². The maximum Gasteiger partial charge on any atom is 0.321 e. The van der Waals surface area contributed by atoms with Crippen LogP contribution < -0.4 is 10.2 Å². The minimum absolute atomic E-state index is 0.0193. The maximum atomic E-state index is 12.9. The first kappa shape index (κ1) is 18.5. The van der Waals surface area contributed by atoms with E-state index in [1.165, 1.54) is 0 Å². The van der Waals surface area contributed by atoms with E-state index in [2.05, 4.69) is 5.32 Å². The molecule has 2 N–H and O–H groups in total. The number of nitrogens with zero attached hydrogens (tertiary/aromatic N) is 2. The summed E-state index contributed by atoms with van der Waals surface area (Å²) in [6.45, 7) is 2.48. The van der Waals surface area contributed by atoms with Crippen molar-refractivity contribution in [2.75, 3.05) is 31.1 Å². The van der Waals surface area contributed by atoms with Crippen LogP contribution in [0.25, 0.3) is 0 Å². The van der Waals surface area contributed by atoms with Gasteiger partial charge in [-0.3, -0.25) is 9.69 Å². The molecule has 28 heavy (non-hydrogen) atoms. The monoisotopic (exact) mass is 379 g/mol. The SMILES string of the molecule is O=C(c1cccc(N2CCNC2=O)c1)N1CCC(C(O)c2ccccc2)CC1. The van der Waals surface area contributed by atoms with E-state index >= 15 is 0 Å². The Morgan fingerprint density at radius 1 is 1.04 bits per heavy atom. The highest BCUT2D eigenvalue weighted by Crippen LogP contribution is 2.31. The van der Waals surface area contributed by atoms with Crippen molar-refractivity contribution < 1.29 is 14.7 Å². The van der Waals surface area contributed by atoms with Gasteiger partial charge in [0.15, 0.2) is 0 Å². The molecule has 0 radical (unpaired) electrons. The van der Waals surface area contributed by atoms with Crippen molar-refractivity contribution in [1.29, 1.82) is 0 Å². The number of carbonyl (C=O) groups excluding carboxylic acids is 2. The van der Waals surface area contributed by atoms with Gasteiger partial charge < -0.3 is 15.3 Å². The van der Waals surface area contributed by atoms with Crippen LogP contribution in [0.3, 0.4) is 0 Å². The molecule has 2 aliphatic heterocycles. The van der Waals surface area contributed by atoms with Gasteiger partial charge in [0, 0.05) is 37.4 Å². The molecule has 2 aromatic carbocycles. The minimum atomic E-state index is -0.490. The Balaban J connectivity index is 1.40. The quantitative estimate of drug-likeness (QED) is 0.858. The molecule has 1 atom stereocenters. The Morgan fingerprint density at radius 2 is 1.79 bits per heavy atom. The molecule has 0 aliphatic carbocycles. The van der Waals surface area contributed by atoms with Crippen molar-refractivity contribution in [3.63, 3.8) is 0 Å². The Bertz CT molecular complexity index is 847. The van der Waals surface area contributed by atoms with Gasteiger partial charge >= 0.3 is 6.03 Å². The summed E-state index contributed by atoms with van der Waals surface area (Å²) in [4.78, 5) is 28.3. The fourth-order valence-electron chi connectivity index (χ4n) is 4.05. The van der Waals surface area contributed by atoms with Crippen LogP contribution >= 0.6 is 0 Å². The van der Waals surface area contributed by atoms with Gasteiger partial charge in [-0.2, -0.15) is 0 Å². The number of aliphatic hydroxyl groups is 1. The molecular weight excluding hydrogens is 354 g/mol. The Morgan fingerprint density at radius 3 is 2.46 bits per heavy atom. The van der Waals surface area contributed by atoms with Crippen molar-refractivity contribution in [2.24, 2.45) is 5.92 Å². The highest BCUT2D eigenvalue weighted by molar-refractivity contribution is 5.98. The third-order valence-electron chi connectivity index (χ3n) is 5.68. The number of urea groups is 1. The molecule has 2 heterocycles. The van der Waals surface area contributed by atoms with Crippen LogP contribution in [-0.4, -0.2) is 48.1 Å². The van der Waals surface area contributed by atoms with E-state index in [0.717, 1.165) is 24.1 Å². The highest BCUT2D eigenvalue weighted by atomic mass is 16.3. The van der Waals surface area contributed by atoms with Gasteiger partial charge in [-0.1, -0.05) is 36.4 Å². The number of aliphatic hydroxyl groups excluding tert-OH is 1. The number of carbonyl (C=O) groups is 2. The molecule has 2 saturated heterocycles. The number of hydrogen-bond donors (Lipinski definition) is 2. The number of likely N-dealkylation sites (tertiary alicyclic amines) is 1. The standard InChI is InChI=1S/C22H25N3O3/c26-20(16-5-2-1-3-6-16)17-9-12-24(13-10-17)21(27)18-7-4-8-19(15-18)25-14-11-23-22(25)28/h1-8,15,17,20,26H,9-14H2,(H,23,28). The fraction of sp³-hybridized carbons (Fsp3) is 0.364. The Kier molecular flexibility index (Phi) is 5.30. The molecule has 146 valence electrons. The number of piperidine rings is 1. The van der Waals surface area contributed by atoms with Gasteiger partial charge in [0.25, 0.3) is 5.91 Å². The zero-order chi connectivity index (χ0) is 19.5. The lowest BCUT2D eigenvalue weighted by molar-refractivity contribution is 0.0462. The van der Waals surface area contributed by atoms with Crippen LogP contribution in [0.1, 0.15) is 34.9 Å². The average Bonchev–Trinajstić information content (AvgIpc) is 3.19. The first-order chi connectivity index (χ1) is 13.6. The van der Waals surface area contributed by atoms with Gasteiger partial charge in [0.1, 0.15) is 0 Å². The number of nitrogens with one attached hydrogen (secondary N) is 1. The zero-order valence-electron chi connectivity index (χ0n) is 15.8. The van der Waals surface area contributed by atoms with Crippen LogP contribution in [0.5, 0.6) is 0 Å². The second-order valence-electron chi connectivity index (χ2n) is 7.42. The number of rotatable bonds is 4. The van der Waals surface area contributed by atoms with Gasteiger partial charge in [-0.05, 0) is 42.5 Å². The molecular formula is C22H25N3O3. The first-order valence-electron chi connectivity index (χ1n) is 9.81. The van der Waals surface area contributed by atoms with Crippen LogP contribution in [0, 0.1) is 5.92 Å². The minimum Gasteiger partial charge on any atom is -0.388 e. The topological polar surface area (TPSA) is 72.9 Å². The summed E-state index contributed by atoms with van der Waals surface area (Å²) >= 11 is 0. The fourth-order valence-corrected chi connectivity index (χ4v) is 4.05. The lowest BCUT2D eigenvalue weighted by Gasteiger charge is -2.34. The van der Waals surface area contributed by atoms with E-state index in [1.54, 1.807) is 17.0 Å². The van der Waals surface area contributed by atoms with E-state index < -0.39 is 6.10 Å². The highest BCUT2D eigenvalue weighted by Gasteiger charge is 2.29. The lowest BCUT2D eigenvalue weighted by Crippen LogP contribution is -2.39. The van der Waals surface area contributed by atoms with Crippen molar-refractivity contribution in [3.8, 4) is 0 Å². The molecule has 2 aliphatic rings. The number of hydrogen-bond acceptors (Lipinski definition) is 3. The van der Waals surface area contributed by atoms with Crippen LogP contribution in [-0.2, 0) is 0 Å².